The molecule has 2 rings (SSSR count). The van der Waals surface area contributed by atoms with Crippen molar-refractivity contribution in [3.8, 4) is 0 Å². The maximum atomic E-state index is 12.9. The maximum absolute atomic E-state index is 12.9. The van der Waals surface area contributed by atoms with E-state index in [1.165, 1.54) is 6.92 Å². The van der Waals surface area contributed by atoms with Gasteiger partial charge in [0.2, 0.25) is 0 Å². The van der Waals surface area contributed by atoms with Crippen molar-refractivity contribution in [2.75, 3.05) is 7.11 Å². The zero-order valence-electron chi connectivity index (χ0n) is 14.0. The molecular formula is C17H21F2NO5. The number of hydrogen-bond acceptors (Lipinski definition) is 5. The minimum atomic E-state index is -2.73. The van der Waals surface area contributed by atoms with E-state index in [-0.39, 0.29) is 6.61 Å². The Bertz CT molecular complexity index is 588. The summed E-state index contributed by atoms with van der Waals surface area (Å²) in [5.74, 6) is -3.47. The topological polar surface area (TPSA) is 73.9 Å². The fourth-order valence-corrected chi connectivity index (χ4v) is 2.47. The molecule has 0 unspecified atom stereocenters. The molecule has 1 aromatic carbocycles. The minimum absolute atomic E-state index is 0.0324. The molecule has 0 spiro atoms. The van der Waals surface area contributed by atoms with E-state index < -0.39 is 49.1 Å². The van der Waals surface area contributed by atoms with E-state index in [1.54, 1.807) is 24.3 Å². The van der Waals surface area contributed by atoms with Gasteiger partial charge < -0.3 is 19.5 Å². The number of ether oxygens (including phenoxy) is 3. The molecule has 2 atom stereocenters. The van der Waals surface area contributed by atoms with E-state index in [2.05, 4.69) is 10.1 Å². The molecule has 1 fully saturated rings. The molecule has 0 aliphatic heterocycles. The zero-order chi connectivity index (χ0) is 18.4. The van der Waals surface area contributed by atoms with Crippen LogP contribution in [0.25, 0.3) is 0 Å². The van der Waals surface area contributed by atoms with Crippen LogP contribution in [0.1, 0.15) is 25.3 Å². The maximum Gasteiger partial charge on any atom is 0.408 e. The summed E-state index contributed by atoms with van der Waals surface area (Å²) in [5, 5.41) is 2.36. The number of halogens is 2. The third kappa shape index (κ3) is 5.67. The number of rotatable bonds is 7. The number of carbonyl (C=O) groups is 2. The summed E-state index contributed by atoms with van der Waals surface area (Å²) >= 11 is 0. The first kappa shape index (κ1) is 19.1. The van der Waals surface area contributed by atoms with Crippen molar-refractivity contribution in [2.45, 2.75) is 50.5 Å². The third-order valence-corrected chi connectivity index (χ3v) is 3.87. The van der Waals surface area contributed by atoms with Crippen molar-refractivity contribution in [2.24, 2.45) is 0 Å². The summed E-state index contributed by atoms with van der Waals surface area (Å²) < 4.78 is 40.9. The van der Waals surface area contributed by atoms with Crippen LogP contribution in [0.4, 0.5) is 13.6 Å². The van der Waals surface area contributed by atoms with Crippen LogP contribution in [-0.2, 0) is 25.6 Å². The molecule has 1 aliphatic carbocycles. The lowest BCUT2D eigenvalue weighted by atomic mass is 9.90. The van der Waals surface area contributed by atoms with Crippen LogP contribution >= 0.6 is 0 Å². The fourth-order valence-electron chi connectivity index (χ4n) is 2.47. The normalized spacial score (nSPS) is 18.6. The van der Waals surface area contributed by atoms with Gasteiger partial charge in [-0.05, 0) is 12.5 Å². The number of alkyl carbamates (subject to hydrolysis) is 1. The van der Waals surface area contributed by atoms with Crippen molar-refractivity contribution < 1.29 is 32.6 Å². The Morgan fingerprint density at radius 2 is 1.92 bits per heavy atom. The molecule has 0 aromatic heterocycles. The van der Waals surface area contributed by atoms with Crippen molar-refractivity contribution in [1.82, 2.24) is 5.32 Å². The second-order valence-electron chi connectivity index (χ2n) is 5.93. The monoisotopic (exact) mass is 357 g/mol. The molecule has 6 nitrogen and oxygen atoms in total. The molecule has 1 aliphatic rings. The van der Waals surface area contributed by atoms with E-state index in [0.29, 0.717) is 0 Å². The summed E-state index contributed by atoms with van der Waals surface area (Å²) in [6.45, 7) is 1.54. The molecule has 138 valence electrons. The number of alkyl halides is 2. The number of methoxy groups -OCH3 is 1. The smallest absolute Gasteiger partial charge is 0.408 e. The highest BCUT2D eigenvalue weighted by Crippen LogP contribution is 2.39. The summed E-state index contributed by atoms with van der Waals surface area (Å²) in [4.78, 5) is 23.8. The van der Waals surface area contributed by atoms with Crippen molar-refractivity contribution in [3.05, 3.63) is 35.9 Å². The lowest BCUT2D eigenvalue weighted by Gasteiger charge is -2.37. The Morgan fingerprint density at radius 3 is 2.48 bits per heavy atom. The molecule has 1 N–H and O–H groups in total. The molecule has 0 heterocycles. The van der Waals surface area contributed by atoms with Crippen LogP contribution in [-0.4, -0.2) is 43.3 Å². The Hall–Kier alpha value is -2.22. The van der Waals surface area contributed by atoms with Gasteiger partial charge in [0, 0.05) is 12.8 Å². The van der Waals surface area contributed by atoms with Gasteiger partial charge in [-0.2, -0.15) is 0 Å². The molecule has 25 heavy (non-hydrogen) atoms. The van der Waals surface area contributed by atoms with E-state index in [9.17, 15) is 18.4 Å². The predicted octanol–water partition coefficient (Wildman–Crippen LogP) is 2.66. The molecule has 0 radical (unpaired) electrons. The molecule has 8 heteroatoms. The first-order chi connectivity index (χ1) is 11.8. The Labute approximate surface area is 144 Å². The molecule has 0 bridgehead atoms. The third-order valence-electron chi connectivity index (χ3n) is 3.87. The Balaban J connectivity index is 1.86. The zero-order valence-corrected chi connectivity index (χ0v) is 14.0. The summed E-state index contributed by atoms with van der Waals surface area (Å²) in [6, 6.07) is 7.86. The first-order valence-electron chi connectivity index (χ1n) is 7.89. The number of hydrogen-bond donors (Lipinski definition) is 1. The van der Waals surface area contributed by atoms with Gasteiger partial charge in [0.15, 0.2) is 6.04 Å². The van der Waals surface area contributed by atoms with Crippen LogP contribution in [0.15, 0.2) is 30.3 Å². The predicted molar refractivity (Wildman–Crippen MR) is 84.1 cm³/mol. The number of amides is 1. The van der Waals surface area contributed by atoms with Crippen LogP contribution in [0.5, 0.6) is 0 Å². The van der Waals surface area contributed by atoms with Crippen molar-refractivity contribution in [3.63, 3.8) is 0 Å². The average Bonchev–Trinajstić information content (AvgIpc) is 2.56. The quantitative estimate of drug-likeness (QED) is 0.760. The Morgan fingerprint density at radius 1 is 1.28 bits per heavy atom. The highest BCUT2D eigenvalue weighted by molar-refractivity contribution is 5.81. The van der Waals surface area contributed by atoms with Crippen LogP contribution < -0.4 is 5.32 Å². The highest BCUT2D eigenvalue weighted by Gasteiger charge is 2.47. The number of nitrogens with one attached hydrogen (secondary N) is 1. The molecular weight excluding hydrogens is 336 g/mol. The van der Waals surface area contributed by atoms with Crippen LogP contribution in [0.3, 0.4) is 0 Å². The van der Waals surface area contributed by atoms with Crippen molar-refractivity contribution >= 4 is 12.1 Å². The fraction of sp³-hybridized carbons (Fsp3) is 0.529. The van der Waals surface area contributed by atoms with E-state index >= 15 is 0 Å². The molecule has 1 aromatic rings. The van der Waals surface area contributed by atoms with Gasteiger partial charge in [-0.1, -0.05) is 30.3 Å². The van der Waals surface area contributed by atoms with Crippen LogP contribution in [0.2, 0.25) is 0 Å². The SMILES string of the molecule is COC(=O)[C@@H](NC(=O)OCc1ccccc1)[C@@H](C)OC1CC(F)(F)C1. The second-order valence-corrected chi connectivity index (χ2v) is 5.93. The standard InChI is InChI=1S/C17H21F2NO5/c1-11(25-13-8-17(18,19)9-13)14(15(21)23-2)20-16(22)24-10-12-6-4-3-5-7-12/h3-7,11,13-14H,8-10H2,1-2H3,(H,20,22)/t11-,14+/m1/s1. The van der Waals surface area contributed by atoms with Gasteiger partial charge in [0.25, 0.3) is 5.92 Å². The summed E-state index contributed by atoms with van der Waals surface area (Å²) in [6.07, 6.45) is -3.11. The lowest BCUT2D eigenvalue weighted by molar-refractivity contribution is -0.186. The van der Waals surface area contributed by atoms with Gasteiger partial charge >= 0.3 is 12.1 Å². The summed E-state index contributed by atoms with van der Waals surface area (Å²) in [7, 11) is 1.16. The highest BCUT2D eigenvalue weighted by atomic mass is 19.3. The summed E-state index contributed by atoms with van der Waals surface area (Å²) in [5.41, 5.74) is 0.785. The molecule has 1 saturated carbocycles. The van der Waals surface area contributed by atoms with Crippen molar-refractivity contribution in [1.29, 1.82) is 0 Å². The van der Waals surface area contributed by atoms with Crippen LogP contribution in [0, 0.1) is 0 Å². The molecule has 1 amide bonds. The van der Waals surface area contributed by atoms with Gasteiger partial charge in [-0.15, -0.1) is 0 Å². The molecule has 0 saturated heterocycles. The number of benzene rings is 1. The second kappa shape index (κ2) is 8.24. The average molecular weight is 357 g/mol. The van der Waals surface area contributed by atoms with E-state index in [0.717, 1.165) is 12.7 Å². The van der Waals surface area contributed by atoms with E-state index in [1.807, 2.05) is 6.07 Å². The van der Waals surface area contributed by atoms with Gasteiger partial charge in [-0.3, -0.25) is 0 Å². The van der Waals surface area contributed by atoms with Gasteiger partial charge in [0.1, 0.15) is 6.61 Å². The number of carbonyl (C=O) groups excluding carboxylic acids is 2. The van der Waals surface area contributed by atoms with Gasteiger partial charge in [-0.25, -0.2) is 18.4 Å². The first-order valence-corrected chi connectivity index (χ1v) is 7.89. The lowest BCUT2D eigenvalue weighted by Crippen LogP contribution is -2.52. The number of esters is 1. The van der Waals surface area contributed by atoms with E-state index in [4.69, 9.17) is 9.47 Å². The Kier molecular flexibility index (Phi) is 6.30. The van der Waals surface area contributed by atoms with Gasteiger partial charge in [0.05, 0.1) is 19.3 Å². The largest absolute Gasteiger partial charge is 0.467 e. The minimum Gasteiger partial charge on any atom is -0.467 e.